The Morgan fingerprint density at radius 1 is 1.03 bits per heavy atom. The molecule has 8 heteroatoms. The first-order valence-electron chi connectivity index (χ1n) is 10.5. The van der Waals surface area contributed by atoms with Crippen LogP contribution in [0, 0.1) is 11.8 Å². The van der Waals surface area contributed by atoms with Crippen molar-refractivity contribution >= 4 is 21.6 Å². The van der Waals surface area contributed by atoms with Gasteiger partial charge in [-0.15, -0.1) is 0 Å². The number of benzene rings is 2. The number of carbonyl (C=O) groups excluding carboxylic acids is 1. The van der Waals surface area contributed by atoms with E-state index in [1.165, 1.54) is 30.7 Å². The molecule has 2 aromatic rings. The zero-order chi connectivity index (χ0) is 22.4. The van der Waals surface area contributed by atoms with E-state index in [0.29, 0.717) is 35.4 Å². The summed E-state index contributed by atoms with van der Waals surface area (Å²) in [6, 6.07) is 12.5. The third-order valence-electron chi connectivity index (χ3n) is 5.43. The van der Waals surface area contributed by atoms with Crippen LogP contribution in [0.5, 0.6) is 5.75 Å². The standard InChI is InChI=1S/C23H31N3O4S/c1-17-14-18(2)16-26(15-17)13-12-24-23(27)19-4-10-22(11-5-19)31(28,29)25-20-6-8-21(30-3)9-7-20/h4-11,17-18,25H,12-16H2,1-3H3,(H,24,27)/t17-,18+. The molecule has 1 fully saturated rings. The number of anilines is 1. The molecule has 7 nitrogen and oxygen atoms in total. The van der Waals surface area contributed by atoms with Crippen molar-refractivity contribution in [3.05, 3.63) is 54.1 Å². The third-order valence-corrected chi connectivity index (χ3v) is 6.82. The summed E-state index contributed by atoms with van der Waals surface area (Å²) >= 11 is 0. The maximum Gasteiger partial charge on any atom is 0.261 e. The number of nitrogens with one attached hydrogen (secondary N) is 2. The van der Waals surface area contributed by atoms with Crippen LogP contribution in [-0.4, -0.2) is 52.5 Å². The van der Waals surface area contributed by atoms with E-state index < -0.39 is 10.0 Å². The predicted molar refractivity (Wildman–Crippen MR) is 122 cm³/mol. The molecule has 0 bridgehead atoms. The zero-order valence-electron chi connectivity index (χ0n) is 18.3. The highest BCUT2D eigenvalue weighted by Gasteiger charge is 2.21. The van der Waals surface area contributed by atoms with Crippen molar-refractivity contribution in [1.82, 2.24) is 10.2 Å². The quantitative estimate of drug-likeness (QED) is 0.652. The average Bonchev–Trinajstić information content (AvgIpc) is 2.73. The highest BCUT2D eigenvalue weighted by atomic mass is 32.2. The summed E-state index contributed by atoms with van der Waals surface area (Å²) in [6.07, 6.45) is 1.26. The molecular weight excluding hydrogens is 414 g/mol. The van der Waals surface area contributed by atoms with Crippen LogP contribution in [-0.2, 0) is 10.0 Å². The lowest BCUT2D eigenvalue weighted by Crippen LogP contribution is -2.42. The van der Waals surface area contributed by atoms with Crippen molar-refractivity contribution in [1.29, 1.82) is 0 Å². The summed E-state index contributed by atoms with van der Waals surface area (Å²) in [5, 5.41) is 2.93. The molecule has 2 atom stereocenters. The van der Waals surface area contributed by atoms with Gasteiger partial charge in [0, 0.05) is 37.4 Å². The van der Waals surface area contributed by atoms with Gasteiger partial charge in [-0.3, -0.25) is 9.52 Å². The van der Waals surface area contributed by atoms with Crippen LogP contribution >= 0.6 is 0 Å². The SMILES string of the molecule is COc1ccc(NS(=O)(=O)c2ccc(C(=O)NCCN3C[C@H](C)C[C@H](C)C3)cc2)cc1. The molecule has 1 heterocycles. The maximum absolute atomic E-state index is 12.6. The molecule has 0 radical (unpaired) electrons. The number of carbonyl (C=O) groups is 1. The van der Waals surface area contributed by atoms with E-state index in [1.54, 1.807) is 31.4 Å². The van der Waals surface area contributed by atoms with Crippen molar-refractivity contribution in [3.8, 4) is 5.75 Å². The summed E-state index contributed by atoms with van der Waals surface area (Å²) in [7, 11) is -2.20. The Bertz CT molecular complexity index is 965. The number of ether oxygens (including phenoxy) is 1. The molecule has 2 N–H and O–H groups in total. The number of rotatable bonds is 8. The highest BCUT2D eigenvalue weighted by molar-refractivity contribution is 7.92. The molecule has 0 aliphatic carbocycles. The second-order valence-electron chi connectivity index (χ2n) is 8.32. The highest BCUT2D eigenvalue weighted by Crippen LogP contribution is 2.21. The number of sulfonamides is 1. The minimum atomic E-state index is -3.75. The minimum absolute atomic E-state index is 0.0937. The van der Waals surface area contributed by atoms with Gasteiger partial charge in [-0.2, -0.15) is 0 Å². The smallest absolute Gasteiger partial charge is 0.261 e. The van der Waals surface area contributed by atoms with Gasteiger partial charge in [0.05, 0.1) is 12.0 Å². The molecule has 0 spiro atoms. The van der Waals surface area contributed by atoms with Crippen molar-refractivity contribution in [3.63, 3.8) is 0 Å². The molecule has 168 valence electrons. The Kier molecular flexibility index (Phi) is 7.56. The lowest BCUT2D eigenvalue weighted by Gasteiger charge is -2.34. The van der Waals surface area contributed by atoms with Gasteiger partial charge in [-0.1, -0.05) is 13.8 Å². The molecule has 0 aromatic heterocycles. The summed E-state index contributed by atoms with van der Waals surface area (Å²) in [4.78, 5) is 14.9. The van der Waals surface area contributed by atoms with Crippen molar-refractivity contribution in [2.24, 2.45) is 11.8 Å². The number of likely N-dealkylation sites (tertiary alicyclic amines) is 1. The van der Waals surface area contributed by atoms with E-state index >= 15 is 0 Å². The molecule has 2 aromatic carbocycles. The molecule has 1 saturated heterocycles. The summed E-state index contributed by atoms with van der Waals surface area (Å²) in [5.74, 6) is 1.80. The Balaban J connectivity index is 1.54. The van der Waals surface area contributed by atoms with Crippen LogP contribution < -0.4 is 14.8 Å². The third kappa shape index (κ3) is 6.45. The lowest BCUT2D eigenvalue weighted by molar-refractivity contribution is 0.0936. The predicted octanol–water partition coefficient (Wildman–Crippen LogP) is 3.20. The average molecular weight is 446 g/mol. The van der Waals surface area contributed by atoms with E-state index in [0.717, 1.165) is 19.6 Å². The molecular formula is C23H31N3O4S. The number of hydrogen-bond donors (Lipinski definition) is 2. The fourth-order valence-corrected chi connectivity index (χ4v) is 5.12. The van der Waals surface area contributed by atoms with Gasteiger partial charge in [-0.25, -0.2) is 8.42 Å². The van der Waals surface area contributed by atoms with Crippen LogP contribution in [0.3, 0.4) is 0 Å². The molecule has 0 saturated carbocycles. The van der Waals surface area contributed by atoms with Crippen molar-refractivity contribution < 1.29 is 17.9 Å². The lowest BCUT2D eigenvalue weighted by atomic mass is 9.92. The molecule has 1 aliphatic rings. The Morgan fingerprint density at radius 3 is 2.23 bits per heavy atom. The zero-order valence-corrected chi connectivity index (χ0v) is 19.1. The van der Waals surface area contributed by atoms with Crippen LogP contribution in [0.4, 0.5) is 5.69 Å². The van der Waals surface area contributed by atoms with Gasteiger partial charge in [-0.05, 0) is 66.8 Å². The van der Waals surface area contributed by atoms with E-state index in [1.807, 2.05) is 0 Å². The fraction of sp³-hybridized carbons (Fsp3) is 0.435. The van der Waals surface area contributed by atoms with E-state index in [-0.39, 0.29) is 10.8 Å². The first-order valence-corrected chi connectivity index (χ1v) is 12.0. The Morgan fingerprint density at radius 2 is 1.65 bits per heavy atom. The van der Waals surface area contributed by atoms with Gasteiger partial charge in [0.15, 0.2) is 0 Å². The van der Waals surface area contributed by atoms with Gasteiger partial charge >= 0.3 is 0 Å². The topological polar surface area (TPSA) is 87.7 Å². The second kappa shape index (κ2) is 10.2. The normalized spacial score (nSPS) is 19.6. The van der Waals surface area contributed by atoms with Crippen LogP contribution in [0.25, 0.3) is 0 Å². The van der Waals surface area contributed by atoms with Crippen molar-refractivity contribution in [2.75, 3.05) is 38.0 Å². The van der Waals surface area contributed by atoms with Gasteiger partial charge in [0.2, 0.25) is 0 Å². The fourth-order valence-electron chi connectivity index (χ4n) is 4.06. The largest absolute Gasteiger partial charge is 0.497 e. The van der Waals surface area contributed by atoms with E-state index in [2.05, 4.69) is 28.8 Å². The minimum Gasteiger partial charge on any atom is -0.497 e. The van der Waals surface area contributed by atoms with Crippen LogP contribution in [0.15, 0.2) is 53.4 Å². The van der Waals surface area contributed by atoms with Gasteiger partial charge in [0.25, 0.3) is 15.9 Å². The van der Waals surface area contributed by atoms with Crippen molar-refractivity contribution in [2.45, 2.75) is 25.2 Å². The molecule has 1 aliphatic heterocycles. The summed E-state index contributed by atoms with van der Waals surface area (Å²) in [6.45, 7) is 8.04. The second-order valence-corrected chi connectivity index (χ2v) is 10.0. The monoisotopic (exact) mass is 445 g/mol. The first kappa shape index (κ1) is 23.1. The molecule has 31 heavy (non-hydrogen) atoms. The Labute approximate surface area is 184 Å². The van der Waals surface area contributed by atoms with Gasteiger partial charge in [0.1, 0.15) is 5.75 Å². The van der Waals surface area contributed by atoms with Crippen LogP contribution in [0.1, 0.15) is 30.6 Å². The summed E-state index contributed by atoms with van der Waals surface area (Å²) in [5.41, 5.74) is 0.868. The first-order chi connectivity index (χ1) is 14.8. The number of piperidine rings is 1. The van der Waals surface area contributed by atoms with Gasteiger partial charge < -0.3 is 15.0 Å². The van der Waals surface area contributed by atoms with Crippen LogP contribution in [0.2, 0.25) is 0 Å². The Hall–Kier alpha value is -2.58. The number of amides is 1. The number of hydrogen-bond acceptors (Lipinski definition) is 5. The molecule has 0 unspecified atom stereocenters. The molecule has 1 amide bonds. The summed E-state index contributed by atoms with van der Waals surface area (Å²) < 4.78 is 32.8. The number of methoxy groups -OCH3 is 1. The van der Waals surface area contributed by atoms with E-state index in [4.69, 9.17) is 4.74 Å². The maximum atomic E-state index is 12.6. The number of nitrogens with zero attached hydrogens (tertiary/aromatic N) is 1. The van der Waals surface area contributed by atoms with E-state index in [9.17, 15) is 13.2 Å². The molecule has 3 rings (SSSR count).